The molecule has 1 aliphatic heterocycles. The first-order valence-corrected chi connectivity index (χ1v) is 8.90. The third kappa shape index (κ3) is 4.78. The quantitative estimate of drug-likeness (QED) is 0.785. The minimum Gasteiger partial charge on any atom is -0.494 e. The van der Waals surface area contributed by atoms with Crippen molar-refractivity contribution in [3.8, 4) is 5.75 Å². The van der Waals surface area contributed by atoms with Crippen LogP contribution in [0.3, 0.4) is 0 Å². The van der Waals surface area contributed by atoms with Crippen LogP contribution in [0, 0.1) is 5.82 Å². The van der Waals surface area contributed by atoms with Crippen LogP contribution < -0.4 is 15.0 Å². The number of nitrogens with one attached hydrogen (secondary N) is 1. The van der Waals surface area contributed by atoms with Gasteiger partial charge in [0.15, 0.2) is 11.6 Å². The number of para-hydroxylation sites is 1. The first-order valence-electron chi connectivity index (χ1n) is 8.52. The average molecular weight is 391 g/mol. The highest BCUT2D eigenvalue weighted by atomic mass is 35.5. The van der Waals surface area contributed by atoms with Crippen molar-refractivity contribution in [3.63, 3.8) is 0 Å². The SMILES string of the molecule is COc1ccc(/C=C/C(=O)Nc2cccc(Cl)c2N2CCOCC2)cc1F. The highest BCUT2D eigenvalue weighted by Gasteiger charge is 2.18. The molecule has 0 atom stereocenters. The van der Waals surface area contributed by atoms with Gasteiger partial charge >= 0.3 is 0 Å². The molecule has 0 aliphatic carbocycles. The molecule has 0 saturated carbocycles. The summed E-state index contributed by atoms with van der Waals surface area (Å²) in [4.78, 5) is 14.4. The predicted octanol–water partition coefficient (Wildman–Crippen LogP) is 3.98. The molecule has 2 aromatic rings. The predicted molar refractivity (Wildman–Crippen MR) is 105 cm³/mol. The fourth-order valence-electron chi connectivity index (χ4n) is 2.86. The van der Waals surface area contributed by atoms with E-state index in [1.807, 2.05) is 0 Å². The molecule has 1 amide bonds. The number of carbonyl (C=O) groups excluding carboxylic acids is 1. The van der Waals surface area contributed by atoms with Gasteiger partial charge in [-0.15, -0.1) is 0 Å². The number of morpholine rings is 1. The van der Waals surface area contributed by atoms with Gasteiger partial charge in [-0.1, -0.05) is 23.7 Å². The summed E-state index contributed by atoms with van der Waals surface area (Å²) >= 11 is 6.36. The Kier molecular flexibility index (Phi) is 6.32. The molecule has 142 valence electrons. The summed E-state index contributed by atoms with van der Waals surface area (Å²) in [5.41, 5.74) is 1.96. The van der Waals surface area contributed by atoms with Crippen LogP contribution in [0.4, 0.5) is 15.8 Å². The van der Waals surface area contributed by atoms with Crippen molar-refractivity contribution >= 4 is 35.0 Å². The van der Waals surface area contributed by atoms with Crippen molar-refractivity contribution < 1.29 is 18.7 Å². The largest absolute Gasteiger partial charge is 0.494 e. The van der Waals surface area contributed by atoms with Gasteiger partial charge in [0.1, 0.15) is 0 Å². The summed E-state index contributed by atoms with van der Waals surface area (Å²) in [6.07, 6.45) is 2.89. The van der Waals surface area contributed by atoms with Crippen LogP contribution in [-0.2, 0) is 9.53 Å². The first kappa shape index (κ1) is 19.2. The molecule has 0 spiro atoms. The molecule has 5 nitrogen and oxygen atoms in total. The van der Waals surface area contributed by atoms with Crippen LogP contribution in [-0.4, -0.2) is 39.3 Å². The van der Waals surface area contributed by atoms with Gasteiger partial charge in [-0.25, -0.2) is 4.39 Å². The summed E-state index contributed by atoms with van der Waals surface area (Å²) in [5.74, 6) is -0.654. The highest BCUT2D eigenvalue weighted by molar-refractivity contribution is 6.34. The lowest BCUT2D eigenvalue weighted by atomic mass is 10.2. The number of rotatable bonds is 5. The van der Waals surface area contributed by atoms with Crippen LogP contribution in [0.2, 0.25) is 5.02 Å². The molecule has 0 bridgehead atoms. The molecule has 1 heterocycles. The molecule has 1 N–H and O–H groups in total. The van der Waals surface area contributed by atoms with Crippen molar-refractivity contribution in [2.75, 3.05) is 43.6 Å². The van der Waals surface area contributed by atoms with E-state index < -0.39 is 5.82 Å². The van der Waals surface area contributed by atoms with Crippen molar-refractivity contribution in [2.24, 2.45) is 0 Å². The zero-order chi connectivity index (χ0) is 19.2. The summed E-state index contributed by atoms with van der Waals surface area (Å²) in [5, 5.41) is 3.41. The lowest BCUT2D eigenvalue weighted by Gasteiger charge is -2.31. The Balaban J connectivity index is 1.74. The van der Waals surface area contributed by atoms with Gasteiger partial charge in [-0.3, -0.25) is 4.79 Å². The number of carbonyl (C=O) groups is 1. The number of hydrogen-bond acceptors (Lipinski definition) is 4. The number of anilines is 2. The van der Waals surface area contributed by atoms with Crippen LogP contribution >= 0.6 is 11.6 Å². The van der Waals surface area contributed by atoms with E-state index in [4.69, 9.17) is 21.1 Å². The fourth-order valence-corrected chi connectivity index (χ4v) is 3.15. The van der Waals surface area contributed by atoms with E-state index in [2.05, 4.69) is 10.2 Å². The van der Waals surface area contributed by atoms with E-state index in [1.54, 1.807) is 24.3 Å². The maximum absolute atomic E-state index is 13.7. The van der Waals surface area contributed by atoms with E-state index in [-0.39, 0.29) is 11.7 Å². The average Bonchev–Trinajstić information content (AvgIpc) is 2.67. The zero-order valence-corrected chi connectivity index (χ0v) is 15.6. The number of methoxy groups -OCH3 is 1. The van der Waals surface area contributed by atoms with E-state index >= 15 is 0 Å². The van der Waals surface area contributed by atoms with Crippen molar-refractivity contribution in [3.05, 3.63) is 58.9 Å². The Morgan fingerprint density at radius 1 is 1.30 bits per heavy atom. The number of halogens is 2. The lowest BCUT2D eigenvalue weighted by Crippen LogP contribution is -2.37. The second-order valence-corrected chi connectivity index (χ2v) is 6.36. The minimum absolute atomic E-state index is 0.158. The first-order chi connectivity index (χ1) is 13.1. The number of ether oxygens (including phenoxy) is 2. The normalized spacial score (nSPS) is 14.4. The molecule has 0 radical (unpaired) electrons. The van der Waals surface area contributed by atoms with Gasteiger partial charge in [-0.2, -0.15) is 0 Å². The fraction of sp³-hybridized carbons (Fsp3) is 0.250. The summed E-state index contributed by atoms with van der Waals surface area (Å²) in [7, 11) is 1.40. The number of nitrogens with zero attached hydrogens (tertiary/aromatic N) is 1. The molecule has 0 aromatic heterocycles. The Labute approximate surface area is 162 Å². The molecule has 7 heteroatoms. The molecule has 1 fully saturated rings. The maximum Gasteiger partial charge on any atom is 0.248 e. The Bertz CT molecular complexity index is 851. The summed E-state index contributed by atoms with van der Waals surface area (Å²) in [6.45, 7) is 2.63. The third-order valence-electron chi connectivity index (χ3n) is 4.17. The number of amides is 1. The van der Waals surface area contributed by atoms with Gasteiger partial charge in [-0.05, 0) is 35.9 Å². The molecule has 0 unspecified atom stereocenters. The van der Waals surface area contributed by atoms with Gasteiger partial charge in [0, 0.05) is 19.2 Å². The van der Waals surface area contributed by atoms with Crippen LogP contribution in [0.1, 0.15) is 5.56 Å². The van der Waals surface area contributed by atoms with Gasteiger partial charge in [0.25, 0.3) is 0 Å². The van der Waals surface area contributed by atoms with Crippen LogP contribution in [0.25, 0.3) is 6.08 Å². The number of hydrogen-bond donors (Lipinski definition) is 1. The standard InChI is InChI=1S/C20H20ClFN2O3/c1-26-18-7-5-14(13-16(18)22)6-8-19(25)23-17-4-2-3-15(21)20(17)24-9-11-27-12-10-24/h2-8,13H,9-12H2,1H3,(H,23,25)/b8-6+. The van der Waals surface area contributed by atoms with Crippen molar-refractivity contribution in [2.45, 2.75) is 0 Å². The monoisotopic (exact) mass is 390 g/mol. The smallest absolute Gasteiger partial charge is 0.248 e. The third-order valence-corrected chi connectivity index (χ3v) is 4.48. The summed E-state index contributed by atoms with van der Waals surface area (Å²) in [6, 6.07) is 9.86. The zero-order valence-electron chi connectivity index (χ0n) is 14.9. The molecule has 3 rings (SSSR count). The van der Waals surface area contributed by atoms with Crippen molar-refractivity contribution in [1.29, 1.82) is 0 Å². The van der Waals surface area contributed by atoms with E-state index in [0.717, 1.165) is 5.69 Å². The second-order valence-electron chi connectivity index (χ2n) is 5.95. The molecule has 2 aromatic carbocycles. The molecular weight excluding hydrogens is 371 g/mol. The Hall–Kier alpha value is -2.57. The second kappa shape index (κ2) is 8.88. The van der Waals surface area contributed by atoms with Crippen LogP contribution in [0.5, 0.6) is 5.75 Å². The van der Waals surface area contributed by atoms with Gasteiger partial charge in [0.2, 0.25) is 5.91 Å². The molecule has 1 aliphatic rings. The van der Waals surface area contributed by atoms with Crippen LogP contribution in [0.15, 0.2) is 42.5 Å². The van der Waals surface area contributed by atoms with E-state index in [9.17, 15) is 9.18 Å². The molecular formula is C20H20ClFN2O3. The lowest BCUT2D eigenvalue weighted by molar-refractivity contribution is -0.111. The molecule has 27 heavy (non-hydrogen) atoms. The number of benzene rings is 2. The van der Waals surface area contributed by atoms with Gasteiger partial charge in [0.05, 0.1) is 36.7 Å². The Morgan fingerprint density at radius 3 is 2.78 bits per heavy atom. The topological polar surface area (TPSA) is 50.8 Å². The van der Waals surface area contributed by atoms with E-state index in [1.165, 1.54) is 31.4 Å². The molecule has 1 saturated heterocycles. The maximum atomic E-state index is 13.7. The highest BCUT2D eigenvalue weighted by Crippen LogP contribution is 2.34. The van der Waals surface area contributed by atoms with Crippen molar-refractivity contribution in [1.82, 2.24) is 0 Å². The summed E-state index contributed by atoms with van der Waals surface area (Å²) < 4.78 is 24.0. The van der Waals surface area contributed by atoms with Gasteiger partial charge < -0.3 is 19.7 Å². The minimum atomic E-state index is -0.482. The Morgan fingerprint density at radius 2 is 2.07 bits per heavy atom. The van der Waals surface area contributed by atoms with E-state index in [0.29, 0.717) is 42.6 Å².